The molecule has 0 spiro atoms. The summed E-state index contributed by atoms with van der Waals surface area (Å²) >= 11 is 0. The average Bonchev–Trinajstić information content (AvgIpc) is 2.56. The van der Waals surface area contributed by atoms with Gasteiger partial charge in [0.15, 0.2) is 5.82 Å². The Balaban J connectivity index is 2.45. The Hall–Kier alpha value is -1.19. The van der Waals surface area contributed by atoms with Crippen LogP contribution in [0.3, 0.4) is 0 Å². The van der Waals surface area contributed by atoms with E-state index in [1.807, 2.05) is 18.7 Å². The third kappa shape index (κ3) is 1.48. The van der Waals surface area contributed by atoms with Crippen LogP contribution >= 0.6 is 0 Å². The van der Waals surface area contributed by atoms with E-state index in [9.17, 15) is 0 Å². The van der Waals surface area contributed by atoms with Gasteiger partial charge in [-0.2, -0.15) is 5.10 Å². The normalized spacial score (nSPS) is 19.9. The molecule has 2 N–H and O–H groups in total. The van der Waals surface area contributed by atoms with Crippen molar-refractivity contribution in [2.24, 2.45) is 7.05 Å². The van der Waals surface area contributed by atoms with Crippen molar-refractivity contribution in [3.05, 3.63) is 5.69 Å². The molecule has 0 aromatic carbocycles. The molecule has 84 valence electrons. The van der Waals surface area contributed by atoms with Gasteiger partial charge in [-0.15, -0.1) is 0 Å². The number of hydrogen-bond acceptors (Lipinski definition) is 3. The number of nitrogen functional groups attached to an aromatic ring is 1. The second kappa shape index (κ2) is 3.15. The first-order valence-corrected chi connectivity index (χ1v) is 5.50. The van der Waals surface area contributed by atoms with Crippen molar-refractivity contribution in [3.8, 4) is 0 Å². The Labute approximate surface area is 91.1 Å². The summed E-state index contributed by atoms with van der Waals surface area (Å²) < 4.78 is 1.90. The topological polar surface area (TPSA) is 47.1 Å². The molecule has 0 saturated carbocycles. The van der Waals surface area contributed by atoms with Crippen LogP contribution in [-0.4, -0.2) is 21.9 Å². The first kappa shape index (κ1) is 10.3. The van der Waals surface area contributed by atoms with Crippen molar-refractivity contribution in [3.63, 3.8) is 0 Å². The van der Waals surface area contributed by atoms with Crippen molar-refractivity contribution < 1.29 is 0 Å². The van der Waals surface area contributed by atoms with E-state index in [2.05, 4.69) is 23.8 Å². The van der Waals surface area contributed by atoms with Crippen molar-refractivity contribution in [2.75, 3.05) is 17.2 Å². The van der Waals surface area contributed by atoms with Crippen LogP contribution < -0.4 is 10.6 Å². The summed E-state index contributed by atoms with van der Waals surface area (Å²) in [5.74, 6) is 1.08. The third-order valence-electron chi connectivity index (χ3n) is 3.39. The largest absolute Gasteiger partial charge is 0.394 e. The van der Waals surface area contributed by atoms with Gasteiger partial charge in [0.05, 0.1) is 11.4 Å². The zero-order valence-electron chi connectivity index (χ0n) is 10.0. The molecular formula is C11H20N4. The Morgan fingerprint density at radius 1 is 1.40 bits per heavy atom. The quantitative estimate of drug-likeness (QED) is 0.764. The molecule has 0 amide bonds. The van der Waals surface area contributed by atoms with Crippen molar-refractivity contribution in [2.45, 2.75) is 39.2 Å². The SMILES string of the molecule is Cc1nn(C)c(N2CCCC2(C)C)c1N. The van der Waals surface area contributed by atoms with Crippen LogP contribution in [0.25, 0.3) is 0 Å². The molecule has 1 aromatic heterocycles. The lowest BCUT2D eigenvalue weighted by Crippen LogP contribution is -2.39. The summed E-state index contributed by atoms with van der Waals surface area (Å²) in [6.07, 6.45) is 2.45. The van der Waals surface area contributed by atoms with Crippen LogP contribution in [-0.2, 0) is 7.05 Å². The monoisotopic (exact) mass is 208 g/mol. The van der Waals surface area contributed by atoms with E-state index in [0.29, 0.717) is 0 Å². The predicted molar refractivity (Wildman–Crippen MR) is 63.0 cm³/mol. The molecule has 4 heteroatoms. The van der Waals surface area contributed by atoms with Gasteiger partial charge in [0.25, 0.3) is 0 Å². The molecule has 2 heterocycles. The lowest BCUT2D eigenvalue weighted by Gasteiger charge is -2.33. The summed E-state index contributed by atoms with van der Waals surface area (Å²) in [5.41, 5.74) is 8.03. The minimum Gasteiger partial charge on any atom is -0.394 e. The molecule has 0 bridgehead atoms. The van der Waals surface area contributed by atoms with Crippen LogP contribution in [0, 0.1) is 6.92 Å². The summed E-state index contributed by atoms with van der Waals surface area (Å²) in [7, 11) is 1.97. The standard InChI is InChI=1S/C11H20N4/c1-8-9(12)10(14(4)13-8)15-7-5-6-11(15,2)3/h5-7,12H2,1-4H3. The van der Waals surface area contributed by atoms with E-state index in [1.54, 1.807) is 0 Å². The van der Waals surface area contributed by atoms with Gasteiger partial charge in [0.1, 0.15) is 0 Å². The molecule has 1 fully saturated rings. The smallest absolute Gasteiger partial charge is 0.150 e. The Morgan fingerprint density at radius 2 is 2.07 bits per heavy atom. The van der Waals surface area contributed by atoms with E-state index in [0.717, 1.165) is 23.7 Å². The summed E-state index contributed by atoms with van der Waals surface area (Å²) in [4.78, 5) is 2.38. The van der Waals surface area contributed by atoms with E-state index >= 15 is 0 Å². The van der Waals surface area contributed by atoms with Crippen molar-refractivity contribution >= 4 is 11.5 Å². The van der Waals surface area contributed by atoms with Gasteiger partial charge in [-0.25, -0.2) is 0 Å². The van der Waals surface area contributed by atoms with Crippen LogP contribution in [0.2, 0.25) is 0 Å². The highest BCUT2D eigenvalue weighted by Gasteiger charge is 2.35. The maximum Gasteiger partial charge on any atom is 0.150 e. The number of nitrogens with zero attached hydrogens (tertiary/aromatic N) is 3. The predicted octanol–water partition coefficient (Wildman–Crippen LogP) is 1.69. The second-order valence-electron chi connectivity index (χ2n) is 5.01. The number of aromatic nitrogens is 2. The van der Waals surface area contributed by atoms with Gasteiger partial charge in [-0.3, -0.25) is 4.68 Å². The molecule has 1 aliphatic heterocycles. The molecule has 15 heavy (non-hydrogen) atoms. The van der Waals surface area contributed by atoms with Gasteiger partial charge in [-0.05, 0) is 33.6 Å². The van der Waals surface area contributed by atoms with E-state index in [4.69, 9.17) is 5.73 Å². The van der Waals surface area contributed by atoms with Crippen molar-refractivity contribution in [1.82, 2.24) is 9.78 Å². The summed E-state index contributed by atoms with van der Waals surface area (Å²) in [6, 6.07) is 0. The lowest BCUT2D eigenvalue weighted by atomic mass is 10.0. The minimum absolute atomic E-state index is 0.203. The molecule has 0 atom stereocenters. The van der Waals surface area contributed by atoms with E-state index in [-0.39, 0.29) is 5.54 Å². The number of hydrogen-bond donors (Lipinski definition) is 1. The maximum absolute atomic E-state index is 6.08. The van der Waals surface area contributed by atoms with Crippen LogP contribution in [0.4, 0.5) is 11.5 Å². The molecule has 4 nitrogen and oxygen atoms in total. The van der Waals surface area contributed by atoms with E-state index in [1.165, 1.54) is 12.8 Å². The lowest BCUT2D eigenvalue weighted by molar-refractivity contribution is 0.506. The fourth-order valence-corrected chi connectivity index (χ4v) is 2.48. The number of nitrogens with two attached hydrogens (primary N) is 1. The maximum atomic E-state index is 6.08. The fraction of sp³-hybridized carbons (Fsp3) is 0.727. The Morgan fingerprint density at radius 3 is 2.47 bits per heavy atom. The van der Waals surface area contributed by atoms with Gasteiger partial charge in [0.2, 0.25) is 0 Å². The molecule has 0 unspecified atom stereocenters. The summed E-state index contributed by atoms with van der Waals surface area (Å²) in [6.45, 7) is 7.57. The van der Waals surface area contributed by atoms with Gasteiger partial charge in [0, 0.05) is 19.1 Å². The molecule has 2 rings (SSSR count). The summed E-state index contributed by atoms with van der Waals surface area (Å²) in [5, 5.41) is 4.37. The highest BCUT2D eigenvalue weighted by molar-refractivity contribution is 5.67. The Kier molecular flexibility index (Phi) is 2.17. The second-order valence-corrected chi connectivity index (χ2v) is 5.01. The first-order valence-electron chi connectivity index (χ1n) is 5.50. The van der Waals surface area contributed by atoms with Crippen LogP contribution in [0.15, 0.2) is 0 Å². The van der Waals surface area contributed by atoms with Crippen LogP contribution in [0.5, 0.6) is 0 Å². The fourth-order valence-electron chi connectivity index (χ4n) is 2.48. The first-order chi connectivity index (χ1) is 6.93. The molecule has 1 saturated heterocycles. The minimum atomic E-state index is 0.203. The average molecular weight is 208 g/mol. The number of aryl methyl sites for hydroxylation is 2. The van der Waals surface area contributed by atoms with Crippen LogP contribution in [0.1, 0.15) is 32.4 Å². The zero-order chi connectivity index (χ0) is 11.2. The van der Waals surface area contributed by atoms with Gasteiger partial charge >= 0.3 is 0 Å². The molecule has 0 radical (unpaired) electrons. The zero-order valence-corrected chi connectivity index (χ0v) is 10.0. The van der Waals surface area contributed by atoms with Gasteiger partial charge < -0.3 is 10.6 Å². The molecule has 1 aliphatic rings. The third-order valence-corrected chi connectivity index (χ3v) is 3.39. The molecule has 0 aliphatic carbocycles. The highest BCUT2D eigenvalue weighted by atomic mass is 15.4. The molecule has 1 aromatic rings. The number of anilines is 2. The number of rotatable bonds is 1. The van der Waals surface area contributed by atoms with Crippen molar-refractivity contribution in [1.29, 1.82) is 0 Å². The highest BCUT2D eigenvalue weighted by Crippen LogP contribution is 2.37. The Bertz CT molecular complexity index is 378. The molecular weight excluding hydrogens is 188 g/mol. The van der Waals surface area contributed by atoms with E-state index < -0.39 is 0 Å². The van der Waals surface area contributed by atoms with Gasteiger partial charge in [-0.1, -0.05) is 0 Å².